The predicted octanol–water partition coefficient (Wildman–Crippen LogP) is 3.24. The number of carbonyl (C=O) groups excluding carboxylic acids is 1. The van der Waals surface area contributed by atoms with E-state index in [1.54, 1.807) is 24.3 Å². The Morgan fingerprint density at radius 3 is 2.43 bits per heavy atom. The average Bonchev–Trinajstić information content (AvgIpc) is 2.89. The summed E-state index contributed by atoms with van der Waals surface area (Å²) in [5.74, 6) is 1.17. The van der Waals surface area contributed by atoms with E-state index in [-0.39, 0.29) is 33.3 Å². The highest BCUT2D eigenvalue weighted by Gasteiger charge is 2.30. The fourth-order valence-electron chi connectivity index (χ4n) is 4.40. The van der Waals surface area contributed by atoms with E-state index in [4.69, 9.17) is 4.74 Å². The molecule has 0 atom stereocenters. The second kappa shape index (κ2) is 11.1. The summed E-state index contributed by atoms with van der Waals surface area (Å²) in [6.45, 7) is 1.94. The third-order valence-electron chi connectivity index (χ3n) is 6.32. The minimum atomic E-state index is -4.08. The molecule has 4 rings (SSSR count). The van der Waals surface area contributed by atoms with Crippen molar-refractivity contribution in [3.8, 4) is 5.75 Å². The van der Waals surface area contributed by atoms with E-state index in [9.17, 15) is 13.2 Å². The number of hydrogen-bond acceptors (Lipinski definition) is 9. The molecule has 11 heteroatoms. The number of para-hydroxylation sites is 1. The van der Waals surface area contributed by atoms with Crippen LogP contribution in [0.2, 0.25) is 0 Å². The summed E-state index contributed by atoms with van der Waals surface area (Å²) in [5.41, 5.74) is 0.899. The quantitative estimate of drug-likeness (QED) is 0.457. The molecule has 1 aromatic carbocycles. The summed E-state index contributed by atoms with van der Waals surface area (Å²) in [6, 6.07) is 11.4. The highest BCUT2D eigenvalue weighted by molar-refractivity contribution is 7.91. The molecule has 2 heterocycles. The number of nitrogens with one attached hydrogen (secondary N) is 2. The molecule has 0 unspecified atom stereocenters. The summed E-state index contributed by atoms with van der Waals surface area (Å²) in [5, 5.41) is 6.13. The van der Waals surface area contributed by atoms with Gasteiger partial charge in [-0.2, -0.15) is 4.98 Å². The molecule has 1 amide bonds. The topological polar surface area (TPSA) is 126 Å². The second-order valence-corrected chi connectivity index (χ2v) is 11.1. The zero-order valence-corrected chi connectivity index (χ0v) is 22.2. The van der Waals surface area contributed by atoms with Crippen molar-refractivity contribution < 1.29 is 17.9 Å². The van der Waals surface area contributed by atoms with E-state index < -0.39 is 15.7 Å². The van der Waals surface area contributed by atoms with E-state index in [0.717, 1.165) is 37.2 Å². The van der Waals surface area contributed by atoms with Crippen LogP contribution in [0.15, 0.2) is 58.6 Å². The third-order valence-corrected chi connectivity index (χ3v) is 8.07. The Kier molecular flexibility index (Phi) is 7.91. The lowest BCUT2D eigenvalue weighted by atomic mass is 9.91. The Morgan fingerprint density at radius 2 is 1.73 bits per heavy atom. The van der Waals surface area contributed by atoms with Gasteiger partial charge in [0, 0.05) is 44.1 Å². The summed E-state index contributed by atoms with van der Waals surface area (Å²) < 4.78 is 32.0. The Bertz CT molecular complexity index is 1370. The number of hydrogen-bond donors (Lipinski definition) is 2. The first-order valence-corrected chi connectivity index (χ1v) is 13.6. The van der Waals surface area contributed by atoms with Gasteiger partial charge in [-0.1, -0.05) is 12.1 Å². The molecular weight excluding hydrogens is 492 g/mol. The number of benzene rings is 1. The number of aryl methyl sites for hydroxylation is 1. The van der Waals surface area contributed by atoms with Crippen molar-refractivity contribution in [2.45, 2.75) is 54.6 Å². The number of rotatable bonds is 8. The molecule has 3 aromatic rings. The van der Waals surface area contributed by atoms with Gasteiger partial charge in [-0.3, -0.25) is 4.79 Å². The minimum Gasteiger partial charge on any atom is -0.495 e. The van der Waals surface area contributed by atoms with Gasteiger partial charge in [0.25, 0.3) is 5.91 Å². The van der Waals surface area contributed by atoms with Crippen molar-refractivity contribution >= 4 is 27.5 Å². The third kappa shape index (κ3) is 5.99. The predicted molar refractivity (Wildman–Crippen MR) is 141 cm³/mol. The lowest BCUT2D eigenvalue weighted by Crippen LogP contribution is -2.40. The van der Waals surface area contributed by atoms with Crippen molar-refractivity contribution in [3.05, 3.63) is 59.9 Å². The number of aromatic nitrogens is 3. The molecule has 196 valence electrons. The fraction of sp³-hybridized carbons (Fsp3) is 0.385. The molecule has 10 nitrogen and oxygen atoms in total. The van der Waals surface area contributed by atoms with Crippen molar-refractivity contribution in [3.63, 3.8) is 0 Å². The number of anilines is 2. The standard InChI is InChI=1S/C26H32N6O4S/c1-17-16-23(32(2)3)31-26(28-17)30-19-13-11-18(12-14-19)29-24(33)20-8-7-15-27-25(20)37(34,35)22-10-6-5-9-21(22)36-4/h5-10,15-16,18-19H,11-14H2,1-4H3,(H,29,33)(H,28,30,31)/t18-,19+. The average molecular weight is 525 g/mol. The monoisotopic (exact) mass is 524 g/mol. The van der Waals surface area contributed by atoms with Crippen LogP contribution in [0.1, 0.15) is 41.7 Å². The van der Waals surface area contributed by atoms with E-state index in [1.165, 1.54) is 25.4 Å². The molecule has 0 aliphatic heterocycles. The summed E-state index contributed by atoms with van der Waals surface area (Å²) in [4.78, 5) is 28.2. The maximum absolute atomic E-state index is 13.4. The number of sulfone groups is 1. The Hall–Kier alpha value is -3.73. The largest absolute Gasteiger partial charge is 0.495 e. The molecule has 1 aliphatic rings. The SMILES string of the molecule is COc1ccccc1S(=O)(=O)c1ncccc1C(=O)N[C@H]1CC[C@@H](Nc2nc(C)cc(N(C)C)n2)CC1. The maximum Gasteiger partial charge on any atom is 0.254 e. The molecule has 0 saturated heterocycles. The summed E-state index contributed by atoms with van der Waals surface area (Å²) >= 11 is 0. The first-order chi connectivity index (χ1) is 17.7. The molecular formula is C26H32N6O4S. The van der Waals surface area contributed by atoms with E-state index in [2.05, 4.69) is 25.6 Å². The highest BCUT2D eigenvalue weighted by atomic mass is 32.2. The van der Waals surface area contributed by atoms with Crippen molar-refractivity contribution in [2.75, 3.05) is 31.4 Å². The molecule has 0 bridgehead atoms. The Labute approximate surface area is 217 Å². The number of pyridine rings is 1. The van der Waals surface area contributed by atoms with Crippen LogP contribution in [-0.2, 0) is 9.84 Å². The lowest BCUT2D eigenvalue weighted by molar-refractivity contribution is 0.0922. The molecule has 1 saturated carbocycles. The molecule has 1 fully saturated rings. The van der Waals surface area contributed by atoms with E-state index >= 15 is 0 Å². The highest BCUT2D eigenvalue weighted by Crippen LogP contribution is 2.30. The van der Waals surface area contributed by atoms with Gasteiger partial charge in [0.15, 0.2) is 5.03 Å². The molecule has 2 N–H and O–H groups in total. The Morgan fingerprint density at radius 1 is 1.03 bits per heavy atom. The number of ether oxygens (including phenoxy) is 1. The number of methoxy groups -OCH3 is 1. The van der Waals surface area contributed by atoms with Gasteiger partial charge in [0.1, 0.15) is 16.5 Å². The normalized spacial score (nSPS) is 17.6. The van der Waals surface area contributed by atoms with Gasteiger partial charge in [-0.05, 0) is 56.9 Å². The fourth-order valence-corrected chi connectivity index (χ4v) is 5.93. The van der Waals surface area contributed by atoms with Crippen molar-refractivity contribution in [1.29, 1.82) is 0 Å². The Balaban J connectivity index is 1.43. The van der Waals surface area contributed by atoms with Crippen LogP contribution in [0, 0.1) is 6.92 Å². The molecule has 1 aliphatic carbocycles. The van der Waals surface area contributed by atoms with E-state index in [0.29, 0.717) is 5.95 Å². The molecule has 0 radical (unpaired) electrons. The zero-order valence-electron chi connectivity index (χ0n) is 21.4. The zero-order chi connectivity index (χ0) is 26.6. The van der Waals surface area contributed by atoms with Crippen LogP contribution in [0.4, 0.5) is 11.8 Å². The van der Waals surface area contributed by atoms with Crippen LogP contribution < -0.4 is 20.3 Å². The molecule has 0 spiro atoms. The number of carbonyl (C=O) groups is 1. The van der Waals surface area contributed by atoms with Gasteiger partial charge in [-0.25, -0.2) is 18.4 Å². The van der Waals surface area contributed by atoms with Gasteiger partial charge < -0.3 is 20.3 Å². The smallest absolute Gasteiger partial charge is 0.254 e. The van der Waals surface area contributed by atoms with Gasteiger partial charge >= 0.3 is 0 Å². The first kappa shape index (κ1) is 26.3. The first-order valence-electron chi connectivity index (χ1n) is 12.1. The lowest BCUT2D eigenvalue weighted by Gasteiger charge is -2.30. The van der Waals surface area contributed by atoms with Crippen molar-refractivity contribution in [2.24, 2.45) is 0 Å². The molecule has 2 aromatic heterocycles. The maximum atomic E-state index is 13.4. The molecule has 37 heavy (non-hydrogen) atoms. The summed E-state index contributed by atoms with van der Waals surface area (Å²) in [6.07, 6.45) is 4.48. The van der Waals surface area contributed by atoms with Gasteiger partial charge in [-0.15, -0.1) is 0 Å². The van der Waals surface area contributed by atoms with Crippen LogP contribution in [0.25, 0.3) is 0 Å². The number of nitrogens with zero attached hydrogens (tertiary/aromatic N) is 4. The van der Waals surface area contributed by atoms with Crippen LogP contribution >= 0.6 is 0 Å². The van der Waals surface area contributed by atoms with Crippen LogP contribution in [-0.4, -0.2) is 62.6 Å². The van der Waals surface area contributed by atoms with Gasteiger partial charge in [0.2, 0.25) is 15.8 Å². The van der Waals surface area contributed by atoms with Crippen molar-refractivity contribution in [1.82, 2.24) is 20.3 Å². The van der Waals surface area contributed by atoms with Crippen LogP contribution in [0.3, 0.4) is 0 Å². The van der Waals surface area contributed by atoms with E-state index in [1.807, 2.05) is 32.0 Å². The van der Waals surface area contributed by atoms with Crippen LogP contribution in [0.5, 0.6) is 5.75 Å². The second-order valence-electron chi connectivity index (χ2n) is 9.26. The summed E-state index contributed by atoms with van der Waals surface area (Å²) in [7, 11) is 1.20. The van der Waals surface area contributed by atoms with Gasteiger partial charge in [0.05, 0.1) is 12.7 Å². The minimum absolute atomic E-state index is 0.0121. The number of amides is 1.